The molecule has 0 spiro atoms. The van der Waals surface area contributed by atoms with Crippen molar-refractivity contribution in [3.63, 3.8) is 0 Å². The van der Waals surface area contributed by atoms with E-state index in [0.29, 0.717) is 17.5 Å². The van der Waals surface area contributed by atoms with Crippen LogP contribution in [0.4, 0.5) is 0 Å². The minimum absolute atomic E-state index is 0.425. The lowest BCUT2D eigenvalue weighted by Gasteiger charge is -2.35. The molecule has 1 aromatic rings. The van der Waals surface area contributed by atoms with Gasteiger partial charge in [-0.05, 0) is 36.4 Å². The van der Waals surface area contributed by atoms with Crippen molar-refractivity contribution in [3.8, 4) is 0 Å². The third-order valence-electron chi connectivity index (χ3n) is 4.96. The third kappa shape index (κ3) is 1.88. The van der Waals surface area contributed by atoms with E-state index in [9.17, 15) is 0 Å². The fourth-order valence-electron chi connectivity index (χ4n) is 3.93. The summed E-state index contributed by atoms with van der Waals surface area (Å²) in [5, 5.41) is 3.57. The van der Waals surface area contributed by atoms with Gasteiger partial charge in [-0.3, -0.25) is 4.90 Å². The first-order valence-corrected chi connectivity index (χ1v) is 7.10. The van der Waals surface area contributed by atoms with E-state index in [0.717, 1.165) is 13.1 Å². The average Bonchev–Trinajstić information content (AvgIpc) is 2.88. The Balaban J connectivity index is 1.79. The second kappa shape index (κ2) is 4.36. The van der Waals surface area contributed by atoms with Crippen LogP contribution in [0.3, 0.4) is 0 Å². The van der Waals surface area contributed by atoms with Crippen LogP contribution in [0.2, 0.25) is 0 Å². The van der Waals surface area contributed by atoms with Gasteiger partial charge >= 0.3 is 0 Å². The molecular weight excluding hydrogens is 220 g/mol. The van der Waals surface area contributed by atoms with E-state index in [1.807, 2.05) is 0 Å². The molecule has 98 valence electrons. The molecule has 1 saturated carbocycles. The van der Waals surface area contributed by atoms with Crippen molar-refractivity contribution >= 4 is 0 Å². The highest BCUT2D eigenvalue weighted by Crippen LogP contribution is 2.41. The van der Waals surface area contributed by atoms with Crippen molar-refractivity contribution in [1.82, 2.24) is 10.2 Å². The zero-order chi connectivity index (χ0) is 12.8. The summed E-state index contributed by atoms with van der Waals surface area (Å²) >= 11 is 0. The van der Waals surface area contributed by atoms with Crippen molar-refractivity contribution in [1.29, 1.82) is 0 Å². The molecule has 1 heterocycles. The Hall–Kier alpha value is -0.860. The summed E-state index contributed by atoms with van der Waals surface area (Å²) in [5.41, 5.74) is 3.47. The van der Waals surface area contributed by atoms with E-state index in [-0.39, 0.29) is 0 Å². The lowest BCUT2D eigenvalue weighted by Crippen LogP contribution is -2.49. The Labute approximate surface area is 110 Å². The summed E-state index contributed by atoms with van der Waals surface area (Å²) in [7, 11) is 2.12. The second-order valence-electron chi connectivity index (χ2n) is 6.53. The Bertz CT molecular complexity index is 413. The summed E-state index contributed by atoms with van der Waals surface area (Å²) in [6, 6.07) is 10.2. The first-order chi connectivity index (χ1) is 8.62. The minimum atomic E-state index is 0.425. The van der Waals surface area contributed by atoms with Crippen LogP contribution in [0.25, 0.3) is 0 Å². The van der Waals surface area contributed by atoms with Crippen LogP contribution in [0.1, 0.15) is 37.8 Å². The number of fused-ring (bicyclic) bond motifs is 1. The van der Waals surface area contributed by atoms with Gasteiger partial charge in [-0.1, -0.05) is 38.1 Å². The molecule has 2 atom stereocenters. The Morgan fingerprint density at radius 1 is 1.17 bits per heavy atom. The van der Waals surface area contributed by atoms with Gasteiger partial charge in [0.2, 0.25) is 0 Å². The first kappa shape index (κ1) is 12.2. The number of hydrogen-bond donors (Lipinski definition) is 1. The van der Waals surface area contributed by atoms with Crippen molar-refractivity contribution in [2.75, 3.05) is 7.05 Å². The zero-order valence-corrected chi connectivity index (χ0v) is 11.7. The van der Waals surface area contributed by atoms with Crippen LogP contribution < -0.4 is 5.32 Å². The van der Waals surface area contributed by atoms with Gasteiger partial charge in [-0.2, -0.15) is 0 Å². The van der Waals surface area contributed by atoms with Gasteiger partial charge in [0.15, 0.2) is 0 Å². The zero-order valence-electron chi connectivity index (χ0n) is 11.7. The maximum atomic E-state index is 3.57. The number of nitrogens with zero attached hydrogens (tertiary/aromatic N) is 1. The SMILES string of the molecule is CNC1C(N2Cc3ccccc3C2)CCC1(C)C. The van der Waals surface area contributed by atoms with E-state index in [1.54, 1.807) is 0 Å². The predicted octanol–water partition coefficient (Wildman–Crippen LogP) is 2.78. The van der Waals surface area contributed by atoms with E-state index in [4.69, 9.17) is 0 Å². The van der Waals surface area contributed by atoms with Gasteiger partial charge in [0.05, 0.1) is 0 Å². The lowest BCUT2D eigenvalue weighted by molar-refractivity contribution is 0.148. The van der Waals surface area contributed by atoms with Gasteiger partial charge in [0.25, 0.3) is 0 Å². The molecule has 2 nitrogen and oxygen atoms in total. The molecule has 1 N–H and O–H groups in total. The quantitative estimate of drug-likeness (QED) is 0.860. The highest BCUT2D eigenvalue weighted by Gasteiger charge is 2.44. The van der Waals surface area contributed by atoms with Crippen LogP contribution in [0, 0.1) is 5.41 Å². The molecule has 0 aromatic heterocycles. The maximum absolute atomic E-state index is 3.57. The molecule has 1 fully saturated rings. The van der Waals surface area contributed by atoms with E-state index in [1.165, 1.54) is 24.0 Å². The van der Waals surface area contributed by atoms with Crippen molar-refractivity contribution < 1.29 is 0 Å². The Morgan fingerprint density at radius 2 is 1.78 bits per heavy atom. The molecule has 2 heteroatoms. The second-order valence-corrected chi connectivity index (χ2v) is 6.53. The molecule has 1 aliphatic heterocycles. The monoisotopic (exact) mass is 244 g/mol. The van der Waals surface area contributed by atoms with Gasteiger partial charge < -0.3 is 5.32 Å². The number of nitrogens with one attached hydrogen (secondary N) is 1. The standard InChI is InChI=1S/C16H24N2/c1-16(2)9-8-14(15(16)17-3)18-10-12-6-4-5-7-13(12)11-18/h4-7,14-15,17H,8-11H2,1-3H3. The third-order valence-corrected chi connectivity index (χ3v) is 4.96. The van der Waals surface area contributed by atoms with Crippen molar-refractivity contribution in [2.45, 2.75) is 51.9 Å². The fourth-order valence-corrected chi connectivity index (χ4v) is 3.93. The normalized spacial score (nSPS) is 30.6. The largest absolute Gasteiger partial charge is 0.315 e. The summed E-state index contributed by atoms with van der Waals surface area (Å²) < 4.78 is 0. The molecule has 0 radical (unpaired) electrons. The summed E-state index contributed by atoms with van der Waals surface area (Å²) in [6.07, 6.45) is 2.66. The fraction of sp³-hybridized carbons (Fsp3) is 0.625. The van der Waals surface area contributed by atoms with Gasteiger partial charge in [-0.15, -0.1) is 0 Å². The topological polar surface area (TPSA) is 15.3 Å². The Morgan fingerprint density at radius 3 is 2.33 bits per heavy atom. The van der Waals surface area contributed by atoms with Gasteiger partial charge in [0, 0.05) is 25.2 Å². The van der Waals surface area contributed by atoms with Crippen molar-refractivity contribution in [2.24, 2.45) is 5.41 Å². The average molecular weight is 244 g/mol. The summed E-state index contributed by atoms with van der Waals surface area (Å²) in [5.74, 6) is 0. The molecule has 3 rings (SSSR count). The van der Waals surface area contributed by atoms with Crippen LogP contribution in [-0.4, -0.2) is 24.0 Å². The summed E-state index contributed by atoms with van der Waals surface area (Å²) in [6.45, 7) is 7.07. The van der Waals surface area contributed by atoms with Gasteiger partial charge in [0.1, 0.15) is 0 Å². The van der Waals surface area contributed by atoms with Crippen LogP contribution in [-0.2, 0) is 13.1 Å². The minimum Gasteiger partial charge on any atom is -0.315 e. The molecule has 1 aromatic carbocycles. The molecule has 0 saturated heterocycles. The molecule has 2 unspecified atom stereocenters. The Kier molecular flexibility index (Phi) is 2.95. The maximum Gasteiger partial charge on any atom is 0.0271 e. The lowest BCUT2D eigenvalue weighted by atomic mass is 9.86. The molecule has 18 heavy (non-hydrogen) atoms. The summed E-state index contributed by atoms with van der Waals surface area (Å²) in [4.78, 5) is 2.67. The smallest absolute Gasteiger partial charge is 0.0271 e. The highest BCUT2D eigenvalue weighted by molar-refractivity contribution is 5.30. The van der Waals surface area contributed by atoms with E-state index in [2.05, 4.69) is 55.4 Å². The van der Waals surface area contributed by atoms with Crippen LogP contribution in [0.15, 0.2) is 24.3 Å². The number of benzene rings is 1. The molecule has 1 aliphatic carbocycles. The number of rotatable bonds is 2. The molecule has 0 amide bonds. The van der Waals surface area contributed by atoms with Crippen molar-refractivity contribution in [3.05, 3.63) is 35.4 Å². The number of likely N-dealkylation sites (N-methyl/N-ethyl adjacent to an activating group) is 1. The van der Waals surface area contributed by atoms with Crippen LogP contribution in [0.5, 0.6) is 0 Å². The van der Waals surface area contributed by atoms with E-state index >= 15 is 0 Å². The predicted molar refractivity (Wildman–Crippen MR) is 75.3 cm³/mol. The van der Waals surface area contributed by atoms with E-state index < -0.39 is 0 Å². The number of hydrogen-bond acceptors (Lipinski definition) is 2. The van der Waals surface area contributed by atoms with Crippen LogP contribution >= 0.6 is 0 Å². The molecular formula is C16H24N2. The van der Waals surface area contributed by atoms with Gasteiger partial charge in [-0.25, -0.2) is 0 Å². The first-order valence-electron chi connectivity index (χ1n) is 7.10. The highest BCUT2D eigenvalue weighted by atomic mass is 15.2. The molecule has 0 bridgehead atoms. The molecule has 2 aliphatic rings.